The number of amides is 2. The monoisotopic (exact) mass is 421 g/mol. The van der Waals surface area contributed by atoms with Gasteiger partial charge in [0.05, 0.1) is 18.1 Å². The third kappa shape index (κ3) is 3.82. The smallest absolute Gasteiger partial charge is 0.336 e. The highest BCUT2D eigenvalue weighted by atomic mass is 19.4. The molecule has 1 aromatic carbocycles. The molecule has 0 aliphatic heterocycles. The second kappa shape index (κ2) is 7.08. The number of hydrogen-bond donors (Lipinski definition) is 3. The van der Waals surface area contributed by atoms with Gasteiger partial charge in [0.1, 0.15) is 17.1 Å². The molecule has 156 valence electrons. The summed E-state index contributed by atoms with van der Waals surface area (Å²) in [6.07, 6.45) is -2.57. The Morgan fingerprint density at radius 3 is 2.67 bits per heavy atom. The zero-order chi connectivity index (χ0) is 21.5. The van der Waals surface area contributed by atoms with Crippen LogP contribution >= 0.6 is 0 Å². The summed E-state index contributed by atoms with van der Waals surface area (Å²) in [7, 11) is 0. The van der Waals surface area contributed by atoms with Gasteiger partial charge in [0, 0.05) is 17.3 Å². The fraction of sp³-hybridized carbons (Fsp3) is 0.263. The van der Waals surface area contributed by atoms with Crippen molar-refractivity contribution in [3.05, 3.63) is 53.7 Å². The highest BCUT2D eigenvalue weighted by Gasteiger charge is 2.64. The second-order valence-corrected chi connectivity index (χ2v) is 7.09. The molecule has 1 aliphatic carbocycles. The zero-order valence-electron chi connectivity index (χ0n) is 15.3. The lowest BCUT2D eigenvalue weighted by molar-refractivity contribution is -0.163. The maximum atomic E-state index is 14.1. The van der Waals surface area contributed by atoms with Crippen molar-refractivity contribution in [2.45, 2.75) is 31.0 Å². The van der Waals surface area contributed by atoms with E-state index in [1.165, 1.54) is 30.6 Å². The molecule has 30 heavy (non-hydrogen) atoms. The number of nitrogens with zero attached hydrogens (tertiary/aromatic N) is 2. The van der Waals surface area contributed by atoms with Crippen LogP contribution in [0.25, 0.3) is 10.9 Å². The first kappa shape index (κ1) is 19.8. The van der Waals surface area contributed by atoms with Crippen molar-refractivity contribution >= 4 is 28.4 Å². The second-order valence-electron chi connectivity index (χ2n) is 7.09. The number of benzene rings is 1. The van der Waals surface area contributed by atoms with Crippen LogP contribution in [0.3, 0.4) is 0 Å². The fourth-order valence-corrected chi connectivity index (χ4v) is 3.04. The van der Waals surface area contributed by atoms with Crippen LogP contribution in [0.4, 0.5) is 23.2 Å². The molecule has 0 saturated heterocycles. The summed E-state index contributed by atoms with van der Waals surface area (Å²) in [6.45, 7) is 0. The number of carbonyl (C=O) groups excluding carboxylic acids is 2. The van der Waals surface area contributed by atoms with Gasteiger partial charge in [-0.1, -0.05) is 0 Å². The molecule has 0 spiro atoms. The minimum atomic E-state index is -4.55. The first-order valence-electron chi connectivity index (χ1n) is 8.93. The van der Waals surface area contributed by atoms with Crippen molar-refractivity contribution in [2.24, 2.45) is 0 Å². The number of hydrogen-bond acceptors (Lipinski definition) is 4. The summed E-state index contributed by atoms with van der Waals surface area (Å²) in [5, 5.41) is 11.5. The summed E-state index contributed by atoms with van der Waals surface area (Å²) in [4.78, 5) is 28.2. The van der Waals surface area contributed by atoms with Crippen molar-refractivity contribution < 1.29 is 27.2 Å². The molecule has 1 saturated carbocycles. The van der Waals surface area contributed by atoms with E-state index in [9.17, 15) is 27.2 Å². The number of aromatic nitrogens is 3. The molecule has 3 aromatic rings. The maximum absolute atomic E-state index is 14.1. The quantitative estimate of drug-likeness (QED) is 0.551. The predicted octanol–water partition coefficient (Wildman–Crippen LogP) is 3.10. The minimum Gasteiger partial charge on any atom is -0.336 e. The maximum Gasteiger partial charge on any atom is 0.411 e. The lowest BCUT2D eigenvalue weighted by Crippen LogP contribution is -2.48. The Labute approximate surface area is 166 Å². The van der Waals surface area contributed by atoms with Gasteiger partial charge in [0.15, 0.2) is 0 Å². The van der Waals surface area contributed by atoms with Gasteiger partial charge in [-0.15, -0.1) is 0 Å². The number of H-pyrrole nitrogens is 1. The largest absolute Gasteiger partial charge is 0.411 e. The van der Waals surface area contributed by atoms with Crippen LogP contribution in [0.5, 0.6) is 0 Å². The highest BCUT2D eigenvalue weighted by Crippen LogP contribution is 2.49. The molecule has 0 unspecified atom stereocenters. The number of rotatable bonds is 5. The Balaban J connectivity index is 1.44. The molecular formula is C19H15F4N5O2. The molecule has 1 fully saturated rings. The zero-order valence-corrected chi connectivity index (χ0v) is 15.3. The van der Waals surface area contributed by atoms with E-state index in [4.69, 9.17) is 0 Å². The fourth-order valence-electron chi connectivity index (χ4n) is 3.04. The summed E-state index contributed by atoms with van der Waals surface area (Å²) < 4.78 is 53.2. The Morgan fingerprint density at radius 2 is 1.97 bits per heavy atom. The van der Waals surface area contributed by atoms with E-state index in [0.29, 0.717) is 10.9 Å². The third-order valence-corrected chi connectivity index (χ3v) is 4.88. The molecule has 4 rings (SSSR count). The SMILES string of the molecule is O=C(Cc1cc2[nH]ncc2cc1F)Nc1ccnc(C(=O)NC2(C(F)(F)F)CC2)c1. The molecule has 0 radical (unpaired) electrons. The molecule has 3 N–H and O–H groups in total. The Hall–Kier alpha value is -3.50. The molecule has 0 bridgehead atoms. The summed E-state index contributed by atoms with van der Waals surface area (Å²) in [6, 6.07) is 5.26. The van der Waals surface area contributed by atoms with E-state index < -0.39 is 29.3 Å². The van der Waals surface area contributed by atoms with E-state index in [0.717, 1.165) is 6.07 Å². The highest BCUT2D eigenvalue weighted by molar-refractivity contribution is 5.97. The van der Waals surface area contributed by atoms with E-state index in [1.54, 1.807) is 0 Å². The molecule has 7 nitrogen and oxygen atoms in total. The molecule has 1 aliphatic rings. The number of alkyl halides is 3. The van der Waals surface area contributed by atoms with Crippen molar-refractivity contribution in [2.75, 3.05) is 5.32 Å². The first-order valence-corrected chi connectivity index (χ1v) is 8.93. The number of nitrogens with one attached hydrogen (secondary N) is 3. The van der Waals surface area contributed by atoms with Crippen LogP contribution in [-0.2, 0) is 11.2 Å². The molecule has 2 heterocycles. The lowest BCUT2D eigenvalue weighted by Gasteiger charge is -2.20. The minimum absolute atomic E-state index is 0.136. The first-order chi connectivity index (χ1) is 14.2. The van der Waals surface area contributed by atoms with E-state index in [-0.39, 0.29) is 36.2 Å². The van der Waals surface area contributed by atoms with E-state index >= 15 is 0 Å². The molecular weight excluding hydrogens is 406 g/mol. The Morgan fingerprint density at radius 1 is 1.20 bits per heavy atom. The number of carbonyl (C=O) groups is 2. The lowest BCUT2D eigenvalue weighted by atomic mass is 10.1. The summed E-state index contributed by atoms with van der Waals surface area (Å²) in [5.74, 6) is -2.13. The van der Waals surface area contributed by atoms with Crippen LogP contribution in [-0.4, -0.2) is 38.7 Å². The average Bonchev–Trinajstić information content (AvgIpc) is 3.33. The van der Waals surface area contributed by atoms with Crippen LogP contribution in [0.1, 0.15) is 28.9 Å². The Bertz CT molecular complexity index is 1140. The van der Waals surface area contributed by atoms with Gasteiger partial charge in [-0.2, -0.15) is 18.3 Å². The third-order valence-electron chi connectivity index (χ3n) is 4.88. The topological polar surface area (TPSA) is 99.8 Å². The summed E-state index contributed by atoms with van der Waals surface area (Å²) >= 11 is 0. The van der Waals surface area contributed by atoms with Crippen molar-refractivity contribution in [1.82, 2.24) is 20.5 Å². The van der Waals surface area contributed by atoms with E-state index in [1.807, 2.05) is 5.32 Å². The van der Waals surface area contributed by atoms with Gasteiger partial charge in [0.2, 0.25) is 5.91 Å². The number of fused-ring (bicyclic) bond motifs is 1. The van der Waals surface area contributed by atoms with Gasteiger partial charge >= 0.3 is 6.18 Å². The molecule has 0 atom stereocenters. The molecule has 2 aromatic heterocycles. The number of halogens is 4. The number of anilines is 1. The van der Waals surface area contributed by atoms with Crippen molar-refractivity contribution in [1.29, 1.82) is 0 Å². The molecule has 11 heteroatoms. The number of pyridine rings is 1. The van der Waals surface area contributed by atoms with Crippen LogP contribution in [0, 0.1) is 5.82 Å². The van der Waals surface area contributed by atoms with Gasteiger partial charge in [0.25, 0.3) is 5.91 Å². The summed E-state index contributed by atoms with van der Waals surface area (Å²) in [5.41, 5.74) is -1.63. The van der Waals surface area contributed by atoms with Crippen molar-refractivity contribution in [3.63, 3.8) is 0 Å². The van der Waals surface area contributed by atoms with Crippen LogP contribution in [0.2, 0.25) is 0 Å². The van der Waals surface area contributed by atoms with Crippen LogP contribution in [0.15, 0.2) is 36.7 Å². The standard InChI is InChI=1S/C19H15F4N5O2/c20-13-5-11-9-25-28-14(11)6-10(13)7-16(29)26-12-1-4-24-15(8-12)17(30)27-18(2-3-18)19(21,22)23/h1,4-6,8-9H,2-3,7H2,(H,25,28)(H,27,30)(H,24,26,29). The Kier molecular flexibility index (Phi) is 4.67. The van der Waals surface area contributed by atoms with Gasteiger partial charge in [-0.3, -0.25) is 19.7 Å². The molecule has 2 amide bonds. The van der Waals surface area contributed by atoms with Gasteiger partial charge in [-0.05, 0) is 42.7 Å². The predicted molar refractivity (Wildman–Crippen MR) is 98.1 cm³/mol. The van der Waals surface area contributed by atoms with E-state index in [2.05, 4.69) is 20.5 Å². The van der Waals surface area contributed by atoms with Gasteiger partial charge in [-0.25, -0.2) is 4.39 Å². The average molecular weight is 421 g/mol. The van der Waals surface area contributed by atoms with Crippen molar-refractivity contribution in [3.8, 4) is 0 Å². The number of aromatic amines is 1. The van der Waals surface area contributed by atoms with Crippen LogP contribution < -0.4 is 10.6 Å². The normalized spacial score (nSPS) is 15.1. The van der Waals surface area contributed by atoms with Gasteiger partial charge < -0.3 is 10.6 Å².